The molecular weight excluding hydrogens is 288 g/mol. The Kier molecular flexibility index (Phi) is 17.3. The van der Waals surface area contributed by atoms with E-state index in [2.05, 4.69) is 6.92 Å². The molecule has 0 aromatic rings. The molecule has 0 saturated carbocycles. The SMILES string of the molecule is CCCCCCCCCCC[C@H](O)CCCCCCCC(=O)O. The average Bonchev–Trinajstić information content (AvgIpc) is 2.52. The number of aliphatic hydroxyl groups is 1. The van der Waals surface area contributed by atoms with E-state index in [-0.39, 0.29) is 6.10 Å². The standard InChI is InChI=1S/C20H40O3/c1-2-3-4-5-6-7-8-10-13-16-19(21)17-14-11-9-12-15-18-20(22)23/h19,21H,2-18H2,1H3,(H,22,23)/t19-/m0/s1. The number of aliphatic hydroxyl groups excluding tert-OH is 1. The second-order valence-electron chi connectivity index (χ2n) is 6.97. The summed E-state index contributed by atoms with van der Waals surface area (Å²) < 4.78 is 0. The van der Waals surface area contributed by atoms with Crippen LogP contribution in [0.3, 0.4) is 0 Å². The molecule has 0 amide bonds. The first-order chi connectivity index (χ1) is 11.2. The molecule has 0 aliphatic carbocycles. The van der Waals surface area contributed by atoms with Crippen molar-refractivity contribution in [1.29, 1.82) is 0 Å². The zero-order valence-corrected chi connectivity index (χ0v) is 15.4. The topological polar surface area (TPSA) is 57.5 Å². The van der Waals surface area contributed by atoms with Gasteiger partial charge in [0.15, 0.2) is 0 Å². The van der Waals surface area contributed by atoms with E-state index in [0.29, 0.717) is 6.42 Å². The molecule has 0 unspecified atom stereocenters. The van der Waals surface area contributed by atoms with Crippen molar-refractivity contribution in [2.45, 2.75) is 122 Å². The first kappa shape index (κ1) is 22.4. The lowest BCUT2D eigenvalue weighted by atomic mass is 10.0. The van der Waals surface area contributed by atoms with Gasteiger partial charge in [0.2, 0.25) is 0 Å². The minimum absolute atomic E-state index is 0.126. The highest BCUT2D eigenvalue weighted by Gasteiger charge is 2.04. The Bertz CT molecular complexity index is 253. The maximum atomic E-state index is 10.4. The van der Waals surface area contributed by atoms with Crippen LogP contribution in [0.25, 0.3) is 0 Å². The van der Waals surface area contributed by atoms with Crippen LogP contribution in [-0.2, 0) is 4.79 Å². The summed E-state index contributed by atoms with van der Waals surface area (Å²) in [5.74, 6) is -0.693. The molecule has 0 rings (SSSR count). The fraction of sp³-hybridized carbons (Fsp3) is 0.950. The molecule has 23 heavy (non-hydrogen) atoms. The predicted molar refractivity (Wildman–Crippen MR) is 97.8 cm³/mol. The van der Waals surface area contributed by atoms with Crippen LogP contribution >= 0.6 is 0 Å². The maximum absolute atomic E-state index is 10.4. The van der Waals surface area contributed by atoms with Crippen molar-refractivity contribution >= 4 is 5.97 Å². The van der Waals surface area contributed by atoms with Crippen molar-refractivity contribution in [1.82, 2.24) is 0 Å². The summed E-state index contributed by atoms with van der Waals surface area (Å²) in [6, 6.07) is 0. The molecule has 0 radical (unpaired) electrons. The highest BCUT2D eigenvalue weighted by molar-refractivity contribution is 5.66. The van der Waals surface area contributed by atoms with Crippen LogP contribution in [-0.4, -0.2) is 22.3 Å². The van der Waals surface area contributed by atoms with Gasteiger partial charge in [0, 0.05) is 6.42 Å². The Morgan fingerprint density at radius 1 is 0.696 bits per heavy atom. The van der Waals surface area contributed by atoms with Gasteiger partial charge in [0.05, 0.1) is 6.10 Å². The van der Waals surface area contributed by atoms with E-state index < -0.39 is 5.97 Å². The van der Waals surface area contributed by atoms with Gasteiger partial charge in [-0.25, -0.2) is 0 Å². The van der Waals surface area contributed by atoms with Crippen molar-refractivity contribution in [3.63, 3.8) is 0 Å². The normalized spacial score (nSPS) is 12.4. The van der Waals surface area contributed by atoms with Gasteiger partial charge in [-0.15, -0.1) is 0 Å². The fourth-order valence-corrected chi connectivity index (χ4v) is 3.02. The smallest absolute Gasteiger partial charge is 0.303 e. The average molecular weight is 329 g/mol. The Hall–Kier alpha value is -0.570. The number of unbranched alkanes of at least 4 members (excludes halogenated alkanes) is 12. The maximum Gasteiger partial charge on any atom is 0.303 e. The van der Waals surface area contributed by atoms with E-state index in [1.165, 1.54) is 51.4 Å². The predicted octanol–water partition coefficient (Wildman–Crippen LogP) is 6.08. The summed E-state index contributed by atoms with van der Waals surface area (Å²) >= 11 is 0. The van der Waals surface area contributed by atoms with Gasteiger partial charge in [0.25, 0.3) is 0 Å². The van der Waals surface area contributed by atoms with Crippen LogP contribution in [0.15, 0.2) is 0 Å². The Morgan fingerprint density at radius 3 is 1.52 bits per heavy atom. The molecule has 0 saturated heterocycles. The van der Waals surface area contributed by atoms with E-state index in [9.17, 15) is 9.90 Å². The van der Waals surface area contributed by atoms with Crippen LogP contribution in [0.5, 0.6) is 0 Å². The lowest BCUT2D eigenvalue weighted by Crippen LogP contribution is -2.05. The van der Waals surface area contributed by atoms with Crippen LogP contribution in [0.4, 0.5) is 0 Å². The molecule has 0 fully saturated rings. The summed E-state index contributed by atoms with van der Waals surface area (Å²) in [5.41, 5.74) is 0. The highest BCUT2D eigenvalue weighted by Crippen LogP contribution is 2.14. The molecule has 3 nitrogen and oxygen atoms in total. The molecule has 0 spiro atoms. The summed E-state index contributed by atoms with van der Waals surface area (Å²) in [5, 5.41) is 18.5. The monoisotopic (exact) mass is 328 g/mol. The number of hydrogen-bond donors (Lipinski definition) is 2. The van der Waals surface area contributed by atoms with Crippen molar-refractivity contribution < 1.29 is 15.0 Å². The second-order valence-corrected chi connectivity index (χ2v) is 6.97. The number of aliphatic carboxylic acids is 1. The Morgan fingerprint density at radius 2 is 1.09 bits per heavy atom. The van der Waals surface area contributed by atoms with E-state index in [1.54, 1.807) is 0 Å². The minimum atomic E-state index is -0.693. The van der Waals surface area contributed by atoms with Gasteiger partial charge in [0.1, 0.15) is 0 Å². The molecule has 138 valence electrons. The van der Waals surface area contributed by atoms with Crippen LogP contribution in [0.1, 0.15) is 116 Å². The van der Waals surface area contributed by atoms with Gasteiger partial charge >= 0.3 is 5.97 Å². The number of rotatable bonds is 18. The number of carboxylic acid groups (broad SMARTS) is 1. The number of hydrogen-bond acceptors (Lipinski definition) is 2. The van der Waals surface area contributed by atoms with Gasteiger partial charge < -0.3 is 10.2 Å². The summed E-state index contributed by atoms with van der Waals surface area (Å²) in [7, 11) is 0. The van der Waals surface area contributed by atoms with Gasteiger partial charge in [-0.3, -0.25) is 4.79 Å². The molecule has 3 heteroatoms. The third kappa shape index (κ3) is 19.4. The molecule has 0 bridgehead atoms. The quantitative estimate of drug-likeness (QED) is 0.300. The van der Waals surface area contributed by atoms with Gasteiger partial charge in [-0.05, 0) is 19.3 Å². The number of carbonyl (C=O) groups is 1. The molecule has 0 aromatic carbocycles. The van der Waals surface area contributed by atoms with Crippen LogP contribution in [0.2, 0.25) is 0 Å². The minimum Gasteiger partial charge on any atom is -0.481 e. The summed E-state index contributed by atoms with van der Waals surface area (Å²) in [6.45, 7) is 2.25. The molecule has 0 aliphatic rings. The molecular formula is C20H40O3. The Labute approximate surface area is 143 Å². The van der Waals surface area contributed by atoms with E-state index >= 15 is 0 Å². The first-order valence-corrected chi connectivity index (χ1v) is 10.1. The molecule has 0 aromatic heterocycles. The zero-order valence-electron chi connectivity index (χ0n) is 15.4. The van der Waals surface area contributed by atoms with Crippen LogP contribution < -0.4 is 0 Å². The van der Waals surface area contributed by atoms with Crippen molar-refractivity contribution in [3.8, 4) is 0 Å². The van der Waals surface area contributed by atoms with E-state index in [1.807, 2.05) is 0 Å². The summed E-state index contributed by atoms with van der Waals surface area (Å²) in [4.78, 5) is 10.4. The molecule has 1 atom stereocenters. The van der Waals surface area contributed by atoms with Crippen molar-refractivity contribution in [3.05, 3.63) is 0 Å². The van der Waals surface area contributed by atoms with Crippen molar-refractivity contribution in [2.75, 3.05) is 0 Å². The molecule has 2 N–H and O–H groups in total. The summed E-state index contributed by atoms with van der Waals surface area (Å²) in [6.07, 6.45) is 19.1. The molecule has 0 aliphatic heterocycles. The van der Waals surface area contributed by atoms with Crippen LogP contribution in [0, 0.1) is 0 Å². The molecule has 0 heterocycles. The van der Waals surface area contributed by atoms with Crippen molar-refractivity contribution in [2.24, 2.45) is 0 Å². The highest BCUT2D eigenvalue weighted by atomic mass is 16.4. The van der Waals surface area contributed by atoms with Gasteiger partial charge in [-0.1, -0.05) is 90.4 Å². The van der Waals surface area contributed by atoms with E-state index in [4.69, 9.17) is 5.11 Å². The third-order valence-corrected chi connectivity index (χ3v) is 4.57. The largest absolute Gasteiger partial charge is 0.481 e. The third-order valence-electron chi connectivity index (χ3n) is 4.57. The van der Waals surface area contributed by atoms with E-state index in [0.717, 1.165) is 51.4 Å². The van der Waals surface area contributed by atoms with Gasteiger partial charge in [-0.2, -0.15) is 0 Å². The lowest BCUT2D eigenvalue weighted by molar-refractivity contribution is -0.137. The fourth-order valence-electron chi connectivity index (χ4n) is 3.02. The first-order valence-electron chi connectivity index (χ1n) is 10.1. The second kappa shape index (κ2) is 17.8. The Balaban J connectivity index is 3.16. The lowest BCUT2D eigenvalue weighted by Gasteiger charge is -2.10. The number of carboxylic acids is 1. The zero-order chi connectivity index (χ0) is 17.2.